The summed E-state index contributed by atoms with van der Waals surface area (Å²) in [5.41, 5.74) is 0. The van der Waals surface area contributed by atoms with E-state index in [-0.39, 0.29) is 0 Å². The fraction of sp³-hybridized carbons (Fsp3) is 1.00. The third-order valence-corrected chi connectivity index (χ3v) is 0.743. The minimum Gasteiger partial charge on any atom is -0.578 e. The maximum absolute atomic E-state index is 10.1. The molecule has 0 fully saturated rings. The summed E-state index contributed by atoms with van der Waals surface area (Å²) in [7, 11) is 1.26. The van der Waals surface area contributed by atoms with E-state index < -0.39 is 5.34 Å². The molecular formula is CH6IN3O2. The smallest absolute Gasteiger partial charge is 0.110 e. The highest BCUT2D eigenvalue weighted by atomic mass is 127. The molecule has 0 aliphatic rings. The van der Waals surface area contributed by atoms with Crippen molar-refractivity contribution in [2.75, 3.05) is 7.11 Å². The van der Waals surface area contributed by atoms with Gasteiger partial charge < -0.3 is 5.21 Å². The van der Waals surface area contributed by atoms with E-state index in [2.05, 4.69) is 4.84 Å². The summed E-state index contributed by atoms with van der Waals surface area (Å²) in [6.45, 7) is 0. The average Bonchev–Trinajstić information content (AvgIpc) is 1.65. The highest BCUT2D eigenvalue weighted by Gasteiger charge is 1.96. The first-order valence-electron chi connectivity index (χ1n) is 1.47. The zero-order valence-corrected chi connectivity index (χ0v) is 5.88. The van der Waals surface area contributed by atoms with Gasteiger partial charge in [-0.2, -0.15) is 4.84 Å². The molecule has 0 rings (SSSR count). The first-order chi connectivity index (χ1) is 3.18. The molecule has 0 aromatic carbocycles. The second-order valence-electron chi connectivity index (χ2n) is 0.781. The van der Waals surface area contributed by atoms with E-state index in [4.69, 9.17) is 5.84 Å². The number of hydrazine groups is 1. The van der Waals surface area contributed by atoms with Gasteiger partial charge in [0.15, 0.2) is 0 Å². The summed E-state index contributed by atoms with van der Waals surface area (Å²) < 4.78 is 0.831. The third kappa shape index (κ3) is 3.14. The Morgan fingerprint density at radius 3 is 2.43 bits per heavy atom. The Labute approximate surface area is 55.0 Å². The van der Waals surface area contributed by atoms with Crippen LogP contribution in [0, 0.1) is 5.21 Å². The standard InChI is InChI=1S/CH6IN3O2/c1-7-5(6)4(2)3/h5H,3H2,1H3. The minimum atomic E-state index is -0.555. The number of hydrogen-bond donors (Lipinski definition) is 2. The molecule has 3 N–H and O–H groups in total. The van der Waals surface area contributed by atoms with Gasteiger partial charge in [-0.1, -0.05) is 0 Å². The Balaban J connectivity index is 3.14. The van der Waals surface area contributed by atoms with Crippen molar-refractivity contribution >= 4 is 22.9 Å². The molecule has 0 amide bonds. The van der Waals surface area contributed by atoms with Gasteiger partial charge in [0.2, 0.25) is 0 Å². The average molecular weight is 219 g/mol. The van der Waals surface area contributed by atoms with Crippen molar-refractivity contribution in [3.8, 4) is 0 Å². The van der Waals surface area contributed by atoms with E-state index in [1.54, 1.807) is 22.9 Å². The number of rotatable bonds is 2. The summed E-state index contributed by atoms with van der Waals surface area (Å²) in [5.74, 6) is 4.89. The normalized spacial score (nSPS) is 15.0. The zero-order chi connectivity index (χ0) is 5.86. The molecule has 0 radical (unpaired) electrons. The van der Waals surface area contributed by atoms with Crippen LogP contribution in [0.25, 0.3) is 0 Å². The number of quaternary nitrogens is 1. The number of halogens is 1. The topological polar surface area (TPSA) is 66.0 Å². The number of hydrogen-bond acceptors (Lipinski definition) is 4. The van der Waals surface area contributed by atoms with Gasteiger partial charge in [0, 0.05) is 3.33 Å². The van der Waals surface area contributed by atoms with Crippen molar-refractivity contribution in [2.24, 2.45) is 5.84 Å². The molecule has 0 saturated carbocycles. The van der Waals surface area contributed by atoms with Crippen LogP contribution in [0.4, 0.5) is 0 Å². The molecule has 6 heteroatoms. The van der Waals surface area contributed by atoms with Gasteiger partial charge in [0.05, 0.1) is 7.11 Å². The fourth-order valence-electron chi connectivity index (χ4n) is 0.0872. The lowest BCUT2D eigenvalue weighted by atomic mass is 11.7. The van der Waals surface area contributed by atoms with Gasteiger partial charge in [0.25, 0.3) is 0 Å². The Morgan fingerprint density at radius 2 is 2.43 bits per heavy atom. The molecule has 0 bridgehead atoms. The Kier molecular flexibility index (Phi) is 3.79. The predicted molar refractivity (Wildman–Crippen MR) is 31.4 cm³/mol. The van der Waals surface area contributed by atoms with E-state index >= 15 is 0 Å². The monoisotopic (exact) mass is 219 g/mol. The zero-order valence-electron chi connectivity index (χ0n) is 3.72. The predicted octanol–water partition coefficient (Wildman–Crippen LogP) is -1.63. The van der Waals surface area contributed by atoms with Crippen molar-refractivity contribution in [2.45, 2.75) is 0 Å². The van der Waals surface area contributed by atoms with Crippen molar-refractivity contribution in [1.82, 2.24) is 3.33 Å². The van der Waals surface area contributed by atoms with Crippen molar-refractivity contribution in [1.29, 1.82) is 0 Å². The third-order valence-electron chi connectivity index (χ3n) is 0.349. The quantitative estimate of drug-likeness (QED) is 0.253. The van der Waals surface area contributed by atoms with Crippen LogP contribution in [-0.2, 0) is 4.84 Å². The van der Waals surface area contributed by atoms with Crippen molar-refractivity contribution in [3.05, 3.63) is 5.21 Å². The molecule has 5 nitrogen and oxygen atoms in total. The van der Waals surface area contributed by atoms with E-state index in [9.17, 15) is 5.21 Å². The van der Waals surface area contributed by atoms with Crippen LogP contribution < -0.4 is 11.2 Å². The number of nitrogens with two attached hydrogens (primary N) is 1. The van der Waals surface area contributed by atoms with Gasteiger partial charge in [-0.3, -0.25) is 0 Å². The summed E-state index contributed by atoms with van der Waals surface area (Å²) >= 11 is 1.61. The van der Waals surface area contributed by atoms with E-state index in [0.29, 0.717) is 0 Å². The van der Waals surface area contributed by atoms with Crippen LogP contribution in [0.1, 0.15) is 0 Å². The second kappa shape index (κ2) is 3.52. The van der Waals surface area contributed by atoms with Crippen LogP contribution in [0.2, 0.25) is 0 Å². The number of nitrogens with zero attached hydrogens (tertiary/aromatic N) is 1. The molecule has 0 saturated heterocycles. The molecule has 0 aliphatic carbocycles. The van der Waals surface area contributed by atoms with Gasteiger partial charge in [-0.15, -0.1) is 5.34 Å². The van der Waals surface area contributed by atoms with Gasteiger partial charge in [-0.05, 0) is 0 Å². The van der Waals surface area contributed by atoms with Gasteiger partial charge in [0.1, 0.15) is 22.9 Å². The van der Waals surface area contributed by atoms with Crippen LogP contribution in [-0.4, -0.2) is 10.4 Å². The van der Waals surface area contributed by atoms with E-state index in [1.807, 2.05) is 0 Å². The van der Waals surface area contributed by atoms with Crippen molar-refractivity contribution < 1.29 is 10.2 Å². The molecular weight excluding hydrogens is 213 g/mol. The van der Waals surface area contributed by atoms with E-state index in [1.165, 1.54) is 7.11 Å². The van der Waals surface area contributed by atoms with Crippen LogP contribution in [0.3, 0.4) is 0 Å². The molecule has 0 aliphatic heterocycles. The highest BCUT2D eigenvalue weighted by molar-refractivity contribution is 14.1. The molecule has 44 valence electrons. The molecule has 1 atom stereocenters. The van der Waals surface area contributed by atoms with E-state index in [0.717, 1.165) is 3.33 Å². The lowest BCUT2D eigenvalue weighted by Crippen LogP contribution is -3.12. The maximum Gasteiger partial charge on any atom is 0.110 e. The van der Waals surface area contributed by atoms with Crippen LogP contribution in [0.5, 0.6) is 0 Å². The minimum absolute atomic E-state index is 0.555. The molecule has 1 unspecified atom stereocenters. The Morgan fingerprint density at radius 1 is 2.00 bits per heavy atom. The molecule has 0 aromatic heterocycles. The summed E-state index contributed by atoms with van der Waals surface area (Å²) in [4.78, 5) is 4.17. The Hall–Kier alpha value is 0.530. The summed E-state index contributed by atoms with van der Waals surface area (Å²) in [6, 6.07) is 0. The fourth-order valence-corrected chi connectivity index (χ4v) is 0.284. The Bertz CT molecular complexity index is 50.2. The first kappa shape index (κ1) is 7.53. The second-order valence-corrected chi connectivity index (χ2v) is 1.82. The van der Waals surface area contributed by atoms with Gasteiger partial charge in [-0.25, -0.2) is 5.84 Å². The van der Waals surface area contributed by atoms with Crippen LogP contribution in [0.15, 0.2) is 0 Å². The van der Waals surface area contributed by atoms with Gasteiger partial charge >= 0.3 is 0 Å². The lowest BCUT2D eigenvalue weighted by Gasteiger charge is -2.18. The number of nitrogens with one attached hydrogen (secondary N) is 1. The SMILES string of the molecule is CO[NH+]([O-])N(N)I. The maximum atomic E-state index is 10.1. The summed E-state index contributed by atoms with van der Waals surface area (Å²) in [5, 5.41) is 9.53. The first-order valence-corrected chi connectivity index (χ1v) is 2.43. The largest absolute Gasteiger partial charge is 0.578 e. The molecule has 7 heavy (non-hydrogen) atoms. The van der Waals surface area contributed by atoms with Crippen molar-refractivity contribution in [3.63, 3.8) is 0 Å². The molecule has 0 spiro atoms. The lowest BCUT2D eigenvalue weighted by molar-refractivity contribution is -1.12. The molecule has 0 heterocycles. The molecule has 0 aromatic rings. The van der Waals surface area contributed by atoms with Crippen LogP contribution >= 0.6 is 22.9 Å². The highest BCUT2D eigenvalue weighted by Crippen LogP contribution is 1.71. The summed E-state index contributed by atoms with van der Waals surface area (Å²) in [6.07, 6.45) is 0.